The van der Waals surface area contributed by atoms with Crippen molar-refractivity contribution in [2.24, 2.45) is 0 Å². The SMILES string of the molecule is Cc1c(Cl)cccc1NC(=O)c1ccn(C(C)C(=O)O)n1. The van der Waals surface area contributed by atoms with Gasteiger partial charge in [-0.25, -0.2) is 4.79 Å². The van der Waals surface area contributed by atoms with E-state index in [2.05, 4.69) is 10.4 Å². The second-order valence-corrected chi connectivity index (χ2v) is 4.97. The first kappa shape index (κ1) is 15.1. The highest BCUT2D eigenvalue weighted by Gasteiger charge is 2.17. The standard InChI is InChI=1S/C14H14ClN3O3/c1-8-10(15)4-3-5-11(8)16-13(19)12-6-7-18(17-12)9(2)14(20)21/h3-7,9H,1-2H3,(H,16,19)(H,20,21). The summed E-state index contributed by atoms with van der Waals surface area (Å²) < 4.78 is 1.22. The highest BCUT2D eigenvalue weighted by molar-refractivity contribution is 6.31. The number of carboxylic acids is 1. The van der Waals surface area contributed by atoms with E-state index in [1.807, 2.05) is 0 Å². The van der Waals surface area contributed by atoms with Crippen molar-refractivity contribution < 1.29 is 14.7 Å². The molecule has 0 saturated carbocycles. The zero-order valence-electron chi connectivity index (χ0n) is 11.5. The van der Waals surface area contributed by atoms with Gasteiger partial charge >= 0.3 is 5.97 Å². The number of carbonyl (C=O) groups is 2. The summed E-state index contributed by atoms with van der Waals surface area (Å²) in [5, 5.41) is 16.1. The number of rotatable bonds is 4. The van der Waals surface area contributed by atoms with Gasteiger partial charge in [-0.3, -0.25) is 9.48 Å². The van der Waals surface area contributed by atoms with E-state index in [1.54, 1.807) is 25.1 Å². The molecule has 1 atom stereocenters. The van der Waals surface area contributed by atoms with Gasteiger partial charge in [0.25, 0.3) is 5.91 Å². The van der Waals surface area contributed by atoms with Crippen LogP contribution in [0.2, 0.25) is 5.02 Å². The van der Waals surface area contributed by atoms with Crippen molar-refractivity contribution in [1.82, 2.24) is 9.78 Å². The molecule has 0 bridgehead atoms. The van der Waals surface area contributed by atoms with Crippen molar-refractivity contribution in [2.45, 2.75) is 19.9 Å². The fraction of sp³-hybridized carbons (Fsp3) is 0.214. The molecule has 6 nitrogen and oxygen atoms in total. The van der Waals surface area contributed by atoms with Crippen LogP contribution in [-0.2, 0) is 4.79 Å². The molecule has 7 heteroatoms. The molecule has 0 spiro atoms. The summed E-state index contributed by atoms with van der Waals surface area (Å²) in [6, 6.07) is 5.83. The Hall–Kier alpha value is -2.34. The monoisotopic (exact) mass is 307 g/mol. The maximum absolute atomic E-state index is 12.1. The van der Waals surface area contributed by atoms with E-state index < -0.39 is 17.9 Å². The lowest BCUT2D eigenvalue weighted by Gasteiger charge is -2.08. The summed E-state index contributed by atoms with van der Waals surface area (Å²) in [6.45, 7) is 3.28. The van der Waals surface area contributed by atoms with Crippen molar-refractivity contribution in [1.29, 1.82) is 0 Å². The Labute approximate surface area is 126 Å². The normalized spacial score (nSPS) is 12.0. The van der Waals surface area contributed by atoms with Crippen LogP contribution in [0.15, 0.2) is 30.5 Å². The van der Waals surface area contributed by atoms with E-state index in [1.165, 1.54) is 23.9 Å². The second kappa shape index (κ2) is 5.97. The number of nitrogens with one attached hydrogen (secondary N) is 1. The summed E-state index contributed by atoms with van der Waals surface area (Å²) in [5.41, 5.74) is 1.49. The summed E-state index contributed by atoms with van der Waals surface area (Å²) in [5.74, 6) is -1.44. The molecule has 1 heterocycles. The van der Waals surface area contributed by atoms with Gasteiger partial charge < -0.3 is 10.4 Å². The first-order valence-corrected chi connectivity index (χ1v) is 6.62. The lowest BCUT2D eigenvalue weighted by molar-refractivity contribution is -0.140. The molecule has 0 aliphatic heterocycles. The Morgan fingerprint density at radius 1 is 1.38 bits per heavy atom. The first-order valence-electron chi connectivity index (χ1n) is 6.24. The molecule has 2 rings (SSSR count). The summed E-state index contributed by atoms with van der Waals surface area (Å²) in [4.78, 5) is 23.0. The Morgan fingerprint density at radius 3 is 2.76 bits per heavy atom. The summed E-state index contributed by atoms with van der Waals surface area (Å²) >= 11 is 5.99. The molecule has 110 valence electrons. The number of hydrogen-bond acceptors (Lipinski definition) is 3. The number of aliphatic carboxylic acids is 1. The quantitative estimate of drug-likeness (QED) is 0.909. The van der Waals surface area contributed by atoms with E-state index in [0.717, 1.165) is 5.56 Å². The van der Waals surface area contributed by atoms with E-state index in [9.17, 15) is 9.59 Å². The maximum Gasteiger partial charge on any atom is 0.328 e. The van der Waals surface area contributed by atoms with Gasteiger partial charge in [0.15, 0.2) is 5.69 Å². The van der Waals surface area contributed by atoms with E-state index >= 15 is 0 Å². The Morgan fingerprint density at radius 2 is 2.10 bits per heavy atom. The molecule has 0 fully saturated rings. The number of carbonyl (C=O) groups excluding carboxylic acids is 1. The zero-order chi connectivity index (χ0) is 15.6. The number of carboxylic acid groups (broad SMARTS) is 1. The Bertz CT molecular complexity index is 697. The number of hydrogen-bond donors (Lipinski definition) is 2. The van der Waals surface area contributed by atoms with Crippen LogP contribution in [0.4, 0.5) is 5.69 Å². The largest absolute Gasteiger partial charge is 0.480 e. The van der Waals surface area contributed by atoms with Crippen molar-refractivity contribution in [3.05, 3.63) is 46.7 Å². The van der Waals surface area contributed by atoms with E-state index in [0.29, 0.717) is 10.7 Å². The van der Waals surface area contributed by atoms with Crippen LogP contribution in [-0.4, -0.2) is 26.8 Å². The minimum Gasteiger partial charge on any atom is -0.480 e. The smallest absolute Gasteiger partial charge is 0.328 e. The van der Waals surface area contributed by atoms with Gasteiger partial charge in [0.1, 0.15) is 6.04 Å². The molecule has 21 heavy (non-hydrogen) atoms. The average Bonchev–Trinajstić information content (AvgIpc) is 2.92. The third-order valence-corrected chi connectivity index (χ3v) is 3.52. The van der Waals surface area contributed by atoms with Gasteiger partial charge in [-0.1, -0.05) is 17.7 Å². The topological polar surface area (TPSA) is 84.2 Å². The predicted octanol–water partition coefficient (Wildman–Crippen LogP) is 2.74. The number of anilines is 1. The number of halogens is 1. The summed E-state index contributed by atoms with van der Waals surface area (Å²) in [6.07, 6.45) is 1.46. The molecule has 0 aliphatic rings. The van der Waals surface area contributed by atoms with Crippen LogP contribution in [0, 0.1) is 6.92 Å². The minimum absolute atomic E-state index is 0.141. The molecule has 2 aromatic rings. The van der Waals surface area contributed by atoms with Crippen LogP contribution >= 0.6 is 11.6 Å². The van der Waals surface area contributed by atoms with Crippen molar-refractivity contribution in [3.63, 3.8) is 0 Å². The Balaban J connectivity index is 2.18. The highest BCUT2D eigenvalue weighted by Crippen LogP contribution is 2.23. The van der Waals surface area contributed by atoms with Crippen LogP contribution in [0.1, 0.15) is 29.0 Å². The molecule has 1 aromatic heterocycles. The van der Waals surface area contributed by atoms with Gasteiger partial charge in [-0.2, -0.15) is 5.10 Å². The maximum atomic E-state index is 12.1. The zero-order valence-corrected chi connectivity index (χ0v) is 12.3. The number of benzene rings is 1. The minimum atomic E-state index is -1.02. The molecular weight excluding hydrogens is 294 g/mol. The molecule has 0 aliphatic carbocycles. The highest BCUT2D eigenvalue weighted by atomic mass is 35.5. The first-order chi connectivity index (χ1) is 9.90. The van der Waals surface area contributed by atoms with Crippen molar-refractivity contribution in [3.8, 4) is 0 Å². The number of nitrogens with zero attached hydrogens (tertiary/aromatic N) is 2. The van der Waals surface area contributed by atoms with Crippen LogP contribution < -0.4 is 5.32 Å². The van der Waals surface area contributed by atoms with Gasteiger partial charge in [-0.05, 0) is 37.6 Å². The Kier molecular flexibility index (Phi) is 4.28. The van der Waals surface area contributed by atoms with Crippen LogP contribution in [0.3, 0.4) is 0 Å². The fourth-order valence-corrected chi connectivity index (χ4v) is 1.89. The summed E-state index contributed by atoms with van der Waals surface area (Å²) in [7, 11) is 0. The lowest BCUT2D eigenvalue weighted by atomic mass is 10.2. The van der Waals surface area contributed by atoms with Gasteiger partial charge in [0.05, 0.1) is 0 Å². The molecular formula is C14H14ClN3O3. The number of amides is 1. The van der Waals surface area contributed by atoms with Gasteiger partial charge in [0.2, 0.25) is 0 Å². The second-order valence-electron chi connectivity index (χ2n) is 4.56. The third kappa shape index (κ3) is 3.22. The molecule has 0 radical (unpaired) electrons. The van der Waals surface area contributed by atoms with Crippen LogP contribution in [0.5, 0.6) is 0 Å². The molecule has 1 unspecified atom stereocenters. The predicted molar refractivity (Wildman–Crippen MR) is 78.7 cm³/mol. The van der Waals surface area contributed by atoms with E-state index in [4.69, 9.17) is 16.7 Å². The van der Waals surface area contributed by atoms with Gasteiger partial charge in [0, 0.05) is 16.9 Å². The lowest BCUT2D eigenvalue weighted by Crippen LogP contribution is -2.18. The third-order valence-electron chi connectivity index (χ3n) is 3.11. The average molecular weight is 308 g/mol. The van der Waals surface area contributed by atoms with Crippen LogP contribution in [0.25, 0.3) is 0 Å². The fourth-order valence-electron chi connectivity index (χ4n) is 1.72. The molecule has 2 N–H and O–H groups in total. The van der Waals surface area contributed by atoms with Crippen molar-refractivity contribution >= 4 is 29.2 Å². The van der Waals surface area contributed by atoms with Gasteiger partial charge in [-0.15, -0.1) is 0 Å². The van der Waals surface area contributed by atoms with E-state index in [-0.39, 0.29) is 5.69 Å². The molecule has 1 aromatic carbocycles. The molecule has 1 amide bonds. The molecule has 0 saturated heterocycles. The van der Waals surface area contributed by atoms with Crippen molar-refractivity contribution in [2.75, 3.05) is 5.32 Å². The number of aromatic nitrogens is 2.